The van der Waals surface area contributed by atoms with Crippen LogP contribution in [0.1, 0.15) is 11.1 Å². The SMILES string of the molecule is O=C1N=C(N2CCN(c3ccccc3F)CC2)S/C1=C\c1ccccc1OCc1ccccc1Cl. The van der Waals surface area contributed by atoms with E-state index in [1.165, 1.54) is 17.8 Å². The summed E-state index contributed by atoms with van der Waals surface area (Å²) in [7, 11) is 0. The predicted octanol–water partition coefficient (Wildman–Crippen LogP) is 5.85. The Bertz CT molecular complexity index is 1300. The Morgan fingerprint density at radius 1 is 0.943 bits per heavy atom. The van der Waals surface area contributed by atoms with Crippen molar-refractivity contribution in [2.24, 2.45) is 4.99 Å². The van der Waals surface area contributed by atoms with Crippen LogP contribution in [-0.4, -0.2) is 42.2 Å². The number of piperazine rings is 1. The number of halogens is 2. The molecule has 1 amide bonds. The van der Waals surface area contributed by atoms with Gasteiger partial charge in [0.05, 0.1) is 10.6 Å². The highest BCUT2D eigenvalue weighted by atomic mass is 35.5. The van der Waals surface area contributed by atoms with Crippen LogP contribution in [0.4, 0.5) is 10.1 Å². The molecule has 5 rings (SSSR count). The number of amidine groups is 1. The zero-order valence-electron chi connectivity index (χ0n) is 18.9. The van der Waals surface area contributed by atoms with Gasteiger partial charge in [0.2, 0.25) is 0 Å². The summed E-state index contributed by atoms with van der Waals surface area (Å²) in [4.78, 5) is 21.6. The lowest BCUT2D eigenvalue weighted by Crippen LogP contribution is -2.48. The van der Waals surface area contributed by atoms with Gasteiger partial charge in [-0.1, -0.05) is 60.1 Å². The number of amides is 1. The van der Waals surface area contributed by atoms with Gasteiger partial charge in [0.25, 0.3) is 5.91 Å². The van der Waals surface area contributed by atoms with Gasteiger partial charge in [-0.2, -0.15) is 4.99 Å². The normalized spacial score (nSPS) is 17.1. The topological polar surface area (TPSA) is 45.1 Å². The number of thioether (sulfide) groups is 1. The van der Waals surface area contributed by atoms with Crippen molar-refractivity contribution in [3.05, 3.63) is 99.7 Å². The molecule has 0 spiro atoms. The van der Waals surface area contributed by atoms with Crippen molar-refractivity contribution in [2.75, 3.05) is 31.1 Å². The third-order valence-corrected chi connectivity index (χ3v) is 7.31. The van der Waals surface area contributed by atoms with Crippen LogP contribution in [0, 0.1) is 5.82 Å². The second-order valence-corrected chi connectivity index (χ2v) is 9.57. The fourth-order valence-corrected chi connectivity index (χ4v) is 5.17. The number of carbonyl (C=O) groups excluding carboxylic acids is 1. The van der Waals surface area contributed by atoms with E-state index in [1.807, 2.05) is 65.6 Å². The quantitative estimate of drug-likeness (QED) is 0.405. The number of aliphatic imine (C=N–C) groups is 1. The van der Waals surface area contributed by atoms with Crippen LogP contribution in [-0.2, 0) is 11.4 Å². The predicted molar refractivity (Wildman–Crippen MR) is 140 cm³/mol. The number of anilines is 1. The molecule has 35 heavy (non-hydrogen) atoms. The number of para-hydroxylation sites is 2. The minimum absolute atomic E-state index is 0.218. The maximum absolute atomic E-state index is 14.1. The number of hydrogen-bond acceptors (Lipinski definition) is 5. The Hall–Kier alpha value is -3.29. The summed E-state index contributed by atoms with van der Waals surface area (Å²) >= 11 is 7.61. The lowest BCUT2D eigenvalue weighted by Gasteiger charge is -2.36. The third-order valence-electron chi connectivity index (χ3n) is 5.90. The van der Waals surface area contributed by atoms with Crippen LogP contribution in [0.25, 0.3) is 6.08 Å². The number of benzene rings is 3. The molecule has 0 aromatic heterocycles. The van der Waals surface area contributed by atoms with E-state index in [2.05, 4.69) is 9.89 Å². The minimum atomic E-state index is -0.262. The van der Waals surface area contributed by atoms with Crippen molar-refractivity contribution in [3.8, 4) is 5.75 Å². The molecule has 178 valence electrons. The second kappa shape index (κ2) is 10.5. The first-order valence-corrected chi connectivity index (χ1v) is 12.5. The molecule has 0 atom stereocenters. The zero-order chi connectivity index (χ0) is 24.2. The van der Waals surface area contributed by atoms with E-state index in [0.29, 0.717) is 59.3 Å². The lowest BCUT2D eigenvalue weighted by molar-refractivity contribution is -0.113. The largest absolute Gasteiger partial charge is 0.488 e. The molecule has 3 aromatic carbocycles. The van der Waals surface area contributed by atoms with Crippen LogP contribution in [0.15, 0.2) is 82.7 Å². The van der Waals surface area contributed by atoms with Gasteiger partial charge >= 0.3 is 0 Å². The number of nitrogens with zero attached hydrogens (tertiary/aromatic N) is 3. The maximum Gasteiger partial charge on any atom is 0.286 e. The average molecular weight is 508 g/mol. The fourth-order valence-electron chi connectivity index (χ4n) is 4.02. The van der Waals surface area contributed by atoms with E-state index < -0.39 is 0 Å². The van der Waals surface area contributed by atoms with Gasteiger partial charge < -0.3 is 14.5 Å². The van der Waals surface area contributed by atoms with Crippen LogP contribution in [0.2, 0.25) is 5.02 Å². The molecule has 5 nitrogen and oxygen atoms in total. The van der Waals surface area contributed by atoms with Crippen LogP contribution >= 0.6 is 23.4 Å². The highest BCUT2D eigenvalue weighted by Gasteiger charge is 2.29. The molecule has 0 saturated carbocycles. The van der Waals surface area contributed by atoms with E-state index in [4.69, 9.17) is 16.3 Å². The molecular weight excluding hydrogens is 485 g/mol. The van der Waals surface area contributed by atoms with Gasteiger partial charge in [-0.25, -0.2) is 4.39 Å². The Balaban J connectivity index is 1.24. The Morgan fingerprint density at radius 3 is 2.43 bits per heavy atom. The molecule has 2 heterocycles. The standard InChI is InChI=1S/C27H23ClFN3O2S/c28-21-9-3-1-8-20(21)18-34-24-12-6-2-7-19(24)17-25-26(33)30-27(35-25)32-15-13-31(14-16-32)23-11-5-4-10-22(23)29/h1-12,17H,13-16,18H2/b25-17-. The molecule has 0 bridgehead atoms. The number of rotatable bonds is 5. The van der Waals surface area contributed by atoms with Gasteiger partial charge in [-0.3, -0.25) is 4.79 Å². The van der Waals surface area contributed by atoms with Crippen molar-refractivity contribution >= 4 is 46.2 Å². The van der Waals surface area contributed by atoms with E-state index in [1.54, 1.807) is 12.1 Å². The first kappa shape index (κ1) is 23.5. The van der Waals surface area contributed by atoms with E-state index >= 15 is 0 Å². The van der Waals surface area contributed by atoms with Crippen molar-refractivity contribution in [2.45, 2.75) is 6.61 Å². The zero-order valence-corrected chi connectivity index (χ0v) is 20.4. The number of hydrogen-bond donors (Lipinski definition) is 0. The van der Waals surface area contributed by atoms with Gasteiger partial charge in [-0.05, 0) is 42.1 Å². The minimum Gasteiger partial charge on any atom is -0.488 e. The van der Waals surface area contributed by atoms with Crippen LogP contribution < -0.4 is 9.64 Å². The molecule has 0 N–H and O–H groups in total. The van der Waals surface area contributed by atoms with Crippen molar-refractivity contribution in [3.63, 3.8) is 0 Å². The average Bonchev–Trinajstić information content (AvgIpc) is 3.25. The van der Waals surface area contributed by atoms with Crippen LogP contribution in [0.5, 0.6) is 5.75 Å². The molecule has 1 fully saturated rings. The molecule has 3 aromatic rings. The molecule has 2 aliphatic heterocycles. The first-order chi connectivity index (χ1) is 17.1. The van der Waals surface area contributed by atoms with Crippen LogP contribution in [0.3, 0.4) is 0 Å². The maximum atomic E-state index is 14.1. The highest BCUT2D eigenvalue weighted by Crippen LogP contribution is 2.33. The summed E-state index contributed by atoms with van der Waals surface area (Å²) in [5.41, 5.74) is 2.30. The molecule has 8 heteroatoms. The van der Waals surface area contributed by atoms with Gasteiger partial charge in [0.15, 0.2) is 5.17 Å². The second-order valence-electron chi connectivity index (χ2n) is 8.15. The number of carbonyl (C=O) groups is 1. The molecule has 1 saturated heterocycles. The fraction of sp³-hybridized carbons (Fsp3) is 0.185. The summed E-state index contributed by atoms with van der Waals surface area (Å²) in [5, 5.41) is 1.34. The first-order valence-electron chi connectivity index (χ1n) is 11.3. The third kappa shape index (κ3) is 5.36. The van der Waals surface area contributed by atoms with Gasteiger partial charge in [-0.15, -0.1) is 0 Å². The Kier molecular flexibility index (Phi) is 7.06. The highest BCUT2D eigenvalue weighted by molar-refractivity contribution is 8.18. The molecular formula is C27H23ClFN3O2S. The van der Waals surface area contributed by atoms with E-state index in [0.717, 1.165) is 11.1 Å². The summed E-state index contributed by atoms with van der Waals surface area (Å²) in [6.45, 7) is 2.98. The van der Waals surface area contributed by atoms with E-state index in [9.17, 15) is 9.18 Å². The summed E-state index contributed by atoms with van der Waals surface area (Å²) < 4.78 is 20.2. The number of ether oxygens (including phenoxy) is 1. The molecule has 2 aliphatic rings. The monoisotopic (exact) mass is 507 g/mol. The van der Waals surface area contributed by atoms with Crippen molar-refractivity contribution in [1.82, 2.24) is 4.90 Å². The van der Waals surface area contributed by atoms with Gasteiger partial charge in [0.1, 0.15) is 18.2 Å². The van der Waals surface area contributed by atoms with Crippen molar-refractivity contribution < 1.29 is 13.9 Å². The summed E-state index contributed by atoms with van der Waals surface area (Å²) in [6.07, 6.45) is 1.82. The van der Waals surface area contributed by atoms with Crippen molar-refractivity contribution in [1.29, 1.82) is 0 Å². The summed E-state index contributed by atoms with van der Waals surface area (Å²) in [6, 6.07) is 21.9. The van der Waals surface area contributed by atoms with E-state index in [-0.39, 0.29) is 11.7 Å². The Labute approximate surface area is 212 Å². The molecule has 0 aliphatic carbocycles. The molecule has 0 radical (unpaired) electrons. The Morgan fingerprint density at radius 2 is 1.63 bits per heavy atom. The summed E-state index contributed by atoms with van der Waals surface area (Å²) in [5.74, 6) is 0.187. The molecule has 0 unspecified atom stereocenters. The lowest BCUT2D eigenvalue weighted by atomic mass is 10.2. The smallest absolute Gasteiger partial charge is 0.286 e. The van der Waals surface area contributed by atoms with Gasteiger partial charge in [0, 0.05) is 42.3 Å².